The van der Waals surface area contributed by atoms with Crippen LogP contribution in [0.25, 0.3) is 0 Å². The molecule has 2 rings (SSSR count). The number of methoxy groups -OCH3 is 1. The zero-order valence-electron chi connectivity index (χ0n) is 20.4. The van der Waals surface area contributed by atoms with Crippen molar-refractivity contribution in [2.45, 2.75) is 30.0 Å². The third kappa shape index (κ3) is 12.8. The molecule has 0 unspecified atom stereocenters. The monoisotopic (exact) mass is 580 g/mol. The Morgan fingerprint density at radius 1 is 1.03 bits per heavy atom. The molecule has 0 spiro atoms. The second-order valence-corrected chi connectivity index (χ2v) is 9.12. The summed E-state index contributed by atoms with van der Waals surface area (Å²) in [4.78, 5) is 25.4. The summed E-state index contributed by atoms with van der Waals surface area (Å²) < 4.78 is 69.6. The largest absolute Gasteiger partial charge is 0.497 e. The molecule has 13 nitrogen and oxygen atoms in total. The number of sulfonamides is 1. The molecule has 0 heterocycles. The highest BCUT2D eigenvalue weighted by atomic mass is 32.2. The van der Waals surface area contributed by atoms with E-state index >= 15 is 0 Å². The molecule has 17 heteroatoms. The van der Waals surface area contributed by atoms with Gasteiger partial charge in [0, 0.05) is 6.42 Å². The number of carbonyl (C=O) groups is 2. The summed E-state index contributed by atoms with van der Waals surface area (Å²) >= 11 is 0. The molecule has 1 atom stereocenters. The zero-order valence-corrected chi connectivity index (χ0v) is 21.2. The first kappa shape index (κ1) is 32.9. The molecule has 7 N–H and O–H groups in total. The molecule has 0 bridgehead atoms. The molecule has 39 heavy (non-hydrogen) atoms. The Bertz CT molecular complexity index is 1190. The van der Waals surface area contributed by atoms with Gasteiger partial charge in [-0.1, -0.05) is 12.1 Å². The number of aliphatic carboxylic acids is 2. The number of halogens is 3. The summed E-state index contributed by atoms with van der Waals surface area (Å²) in [5, 5.41) is 23.6. The molecular weight excluding hydrogens is 553 g/mol. The Morgan fingerprint density at radius 2 is 1.56 bits per heavy atom. The smallest absolute Gasteiger partial charge is 0.490 e. The predicted octanol–water partition coefficient (Wildman–Crippen LogP) is 1.49. The third-order valence-electron chi connectivity index (χ3n) is 4.41. The van der Waals surface area contributed by atoms with Gasteiger partial charge in [0.05, 0.1) is 25.2 Å². The Morgan fingerprint density at radius 3 is 2.03 bits per heavy atom. The van der Waals surface area contributed by atoms with Gasteiger partial charge in [0.1, 0.15) is 17.5 Å². The highest BCUT2D eigenvalue weighted by Crippen LogP contribution is 2.18. The van der Waals surface area contributed by atoms with Crippen molar-refractivity contribution in [3.63, 3.8) is 0 Å². The van der Waals surface area contributed by atoms with Gasteiger partial charge in [-0.15, -0.1) is 0 Å². The van der Waals surface area contributed by atoms with E-state index in [0.29, 0.717) is 36.7 Å². The zero-order chi connectivity index (χ0) is 29.6. The number of hydrogen-bond acceptors (Lipinski definition) is 8. The lowest BCUT2D eigenvalue weighted by Gasteiger charge is -2.15. The van der Waals surface area contributed by atoms with E-state index in [0.717, 1.165) is 0 Å². The van der Waals surface area contributed by atoms with Crippen LogP contribution in [0.1, 0.15) is 12.0 Å². The first-order valence-corrected chi connectivity index (χ1v) is 12.3. The molecule has 216 valence electrons. The number of benzene rings is 2. The van der Waals surface area contributed by atoms with Crippen LogP contribution in [-0.4, -0.2) is 69.1 Å². The van der Waals surface area contributed by atoms with Gasteiger partial charge in [-0.25, -0.2) is 18.7 Å². The number of nitrogens with two attached hydrogens (primary N) is 1. The number of hydroxylamine groups is 1. The fraction of sp³-hybridized carbons (Fsp3) is 0.318. The molecule has 0 aliphatic carbocycles. The number of ether oxygens (including phenoxy) is 2. The van der Waals surface area contributed by atoms with E-state index in [1.807, 2.05) is 0 Å². The van der Waals surface area contributed by atoms with Crippen molar-refractivity contribution in [1.82, 2.24) is 10.2 Å². The van der Waals surface area contributed by atoms with Gasteiger partial charge in [-0.3, -0.25) is 15.0 Å². The van der Waals surface area contributed by atoms with Crippen LogP contribution in [0.2, 0.25) is 0 Å². The maximum absolute atomic E-state index is 12.6. The molecule has 0 saturated carbocycles. The van der Waals surface area contributed by atoms with Crippen LogP contribution in [-0.2, 0) is 30.9 Å². The molecule has 0 fully saturated rings. The summed E-state index contributed by atoms with van der Waals surface area (Å²) in [6, 6.07) is 11.0. The van der Waals surface area contributed by atoms with Crippen molar-refractivity contribution in [2.24, 2.45) is 5.73 Å². The number of alkyl halides is 3. The van der Waals surface area contributed by atoms with E-state index in [4.69, 9.17) is 35.4 Å². The summed E-state index contributed by atoms with van der Waals surface area (Å²) in [6.45, 7) is 0.657. The van der Waals surface area contributed by atoms with Crippen LogP contribution in [0, 0.1) is 5.41 Å². The molecule has 2 aromatic rings. The fourth-order valence-corrected chi connectivity index (χ4v) is 3.79. The Labute approximate surface area is 221 Å². The minimum absolute atomic E-state index is 0.0461. The van der Waals surface area contributed by atoms with Gasteiger partial charge in [-0.05, 0) is 48.4 Å². The van der Waals surface area contributed by atoms with E-state index in [1.54, 1.807) is 24.3 Å². The summed E-state index contributed by atoms with van der Waals surface area (Å²) in [5.41, 5.74) is 7.91. The second-order valence-electron chi connectivity index (χ2n) is 7.40. The number of nitrogens with one attached hydrogen (secondary N) is 3. The highest BCUT2D eigenvalue weighted by molar-refractivity contribution is 7.89. The van der Waals surface area contributed by atoms with Crippen molar-refractivity contribution in [3.05, 3.63) is 54.1 Å². The molecule has 0 amide bonds. The molecule has 0 radical (unpaired) electrons. The lowest BCUT2D eigenvalue weighted by molar-refractivity contribution is -0.192. The van der Waals surface area contributed by atoms with Gasteiger partial charge in [0.2, 0.25) is 16.0 Å². The van der Waals surface area contributed by atoms with Crippen LogP contribution in [0.5, 0.6) is 11.5 Å². The maximum atomic E-state index is 12.6. The van der Waals surface area contributed by atoms with Crippen molar-refractivity contribution >= 4 is 27.9 Å². The third-order valence-corrected chi connectivity index (χ3v) is 5.90. The molecular formula is C22H27F3N4O9S. The number of rotatable bonds is 13. The highest BCUT2D eigenvalue weighted by Gasteiger charge is 2.38. The van der Waals surface area contributed by atoms with Gasteiger partial charge in [0.25, 0.3) is 0 Å². The lowest BCUT2D eigenvalue weighted by Crippen LogP contribution is -2.42. The van der Waals surface area contributed by atoms with Gasteiger partial charge >= 0.3 is 18.1 Å². The molecule has 2 aromatic carbocycles. The minimum Gasteiger partial charge on any atom is -0.497 e. The van der Waals surface area contributed by atoms with E-state index in [-0.39, 0.29) is 17.3 Å². The van der Waals surface area contributed by atoms with E-state index < -0.39 is 34.2 Å². The van der Waals surface area contributed by atoms with Crippen LogP contribution in [0.3, 0.4) is 0 Å². The Kier molecular flexibility index (Phi) is 13.0. The van der Waals surface area contributed by atoms with Gasteiger partial charge in [-0.2, -0.15) is 17.9 Å². The van der Waals surface area contributed by atoms with Crippen LogP contribution in [0.15, 0.2) is 53.4 Å². The quantitative estimate of drug-likeness (QED) is 0.0865. The van der Waals surface area contributed by atoms with E-state index in [9.17, 15) is 31.5 Å². The fourth-order valence-electron chi connectivity index (χ4n) is 2.60. The van der Waals surface area contributed by atoms with Crippen molar-refractivity contribution in [3.8, 4) is 11.5 Å². The number of hydrogen-bond donors (Lipinski definition) is 6. The first-order valence-electron chi connectivity index (χ1n) is 10.8. The number of carboxylic acids is 2. The Hall–Kier alpha value is -4.09. The second kappa shape index (κ2) is 15.4. The summed E-state index contributed by atoms with van der Waals surface area (Å²) in [5.74, 6) is -3.28. The van der Waals surface area contributed by atoms with Gasteiger partial charge < -0.3 is 25.4 Å². The average molecular weight is 581 g/mol. The number of guanidine groups is 1. The van der Waals surface area contributed by atoms with Crippen LogP contribution >= 0.6 is 0 Å². The van der Waals surface area contributed by atoms with Crippen molar-refractivity contribution in [2.75, 3.05) is 20.3 Å². The Balaban J connectivity index is 0.000000956. The first-order chi connectivity index (χ1) is 18.2. The standard InChI is InChI=1S/C20H26N4O7S.C2HF3O2/c1-29-15-7-9-17(10-8-15)32(27,28)24-18(19(25)26)13-14-3-5-16(6-4-14)30-11-2-12-31-23-20(21)22;3-2(4,5)1(6)7/h3-10,18,24H,2,11-13H2,1H3,(H,25,26)(H4,21,22,23);(H,6,7)/t18-;/m0./s1. The summed E-state index contributed by atoms with van der Waals surface area (Å²) in [6.07, 6.45) is -4.58. The lowest BCUT2D eigenvalue weighted by atomic mass is 10.1. The van der Waals surface area contributed by atoms with Crippen LogP contribution < -0.4 is 25.4 Å². The molecule has 0 aliphatic heterocycles. The molecule has 0 aliphatic rings. The van der Waals surface area contributed by atoms with Gasteiger partial charge in [0.15, 0.2) is 0 Å². The van der Waals surface area contributed by atoms with E-state index in [2.05, 4.69) is 10.2 Å². The SMILES string of the molecule is COc1ccc(S(=O)(=O)N[C@@H](Cc2ccc(OCCCONC(=N)N)cc2)C(=O)O)cc1.O=C(O)C(F)(F)F. The minimum atomic E-state index is -5.08. The molecule has 0 saturated heterocycles. The normalized spacial score (nSPS) is 11.9. The topological polar surface area (TPSA) is 210 Å². The van der Waals surface area contributed by atoms with E-state index in [1.165, 1.54) is 31.4 Å². The maximum Gasteiger partial charge on any atom is 0.490 e. The van der Waals surface area contributed by atoms with Crippen molar-refractivity contribution in [1.29, 1.82) is 5.41 Å². The van der Waals surface area contributed by atoms with Crippen molar-refractivity contribution < 1.29 is 55.7 Å². The number of carboxylic acid groups (broad SMARTS) is 2. The molecule has 0 aromatic heterocycles. The average Bonchev–Trinajstić information content (AvgIpc) is 2.86. The van der Waals surface area contributed by atoms with Crippen LogP contribution in [0.4, 0.5) is 13.2 Å². The predicted molar refractivity (Wildman–Crippen MR) is 130 cm³/mol. The summed E-state index contributed by atoms with van der Waals surface area (Å²) in [7, 11) is -2.57.